The number of hydrogen-bond donors (Lipinski definition) is 0. The summed E-state index contributed by atoms with van der Waals surface area (Å²) in [5.74, 6) is 5.26. The summed E-state index contributed by atoms with van der Waals surface area (Å²) in [6, 6.07) is 0. The molecule has 5 atom stereocenters. The first-order valence-corrected chi connectivity index (χ1v) is 10.2. The van der Waals surface area contributed by atoms with Crippen molar-refractivity contribution in [2.45, 2.75) is 104 Å². The van der Waals surface area contributed by atoms with E-state index in [1.54, 1.807) is 6.42 Å². The monoisotopic (exact) mass is 292 g/mol. The molecule has 2 aliphatic rings. The molecule has 0 aliphatic heterocycles. The lowest BCUT2D eigenvalue weighted by Gasteiger charge is -2.35. The van der Waals surface area contributed by atoms with Crippen LogP contribution in [-0.4, -0.2) is 0 Å². The molecule has 0 heterocycles. The molecule has 0 spiro atoms. The van der Waals surface area contributed by atoms with Crippen molar-refractivity contribution in [3.63, 3.8) is 0 Å². The topological polar surface area (TPSA) is 0 Å². The van der Waals surface area contributed by atoms with Gasteiger partial charge in [-0.2, -0.15) is 0 Å². The molecule has 0 saturated heterocycles. The Morgan fingerprint density at radius 1 is 0.667 bits per heavy atom. The smallest absolute Gasteiger partial charge is 0.0386 e. The normalized spacial score (nSPS) is 37.6. The Bertz CT molecular complexity index is 269. The van der Waals surface area contributed by atoms with Crippen LogP contribution in [0.3, 0.4) is 0 Å². The maximum absolute atomic E-state index is 2.47. The van der Waals surface area contributed by atoms with Gasteiger partial charge in [-0.3, -0.25) is 0 Å². The Balaban J connectivity index is 1.64. The van der Waals surface area contributed by atoms with Crippen LogP contribution in [0.25, 0.3) is 0 Å². The van der Waals surface area contributed by atoms with Gasteiger partial charge in [-0.1, -0.05) is 91.4 Å². The van der Waals surface area contributed by atoms with Crippen LogP contribution in [0.4, 0.5) is 0 Å². The van der Waals surface area contributed by atoms with Crippen molar-refractivity contribution in [3.8, 4) is 0 Å². The summed E-state index contributed by atoms with van der Waals surface area (Å²) in [5, 5.41) is 0. The average Bonchev–Trinajstić information content (AvgIpc) is 2.52. The fourth-order valence-corrected chi connectivity index (χ4v) is 5.46. The molecule has 0 aromatic rings. The van der Waals surface area contributed by atoms with Gasteiger partial charge in [0.15, 0.2) is 0 Å². The first kappa shape index (κ1) is 17.4. The zero-order valence-electron chi connectivity index (χ0n) is 15.1. The number of rotatable bonds is 7. The minimum Gasteiger partial charge on any atom is -0.0651 e. The third-order valence-corrected chi connectivity index (χ3v) is 6.92. The Kier molecular flexibility index (Phi) is 7.61. The van der Waals surface area contributed by atoms with Gasteiger partial charge in [0.1, 0.15) is 0 Å². The van der Waals surface area contributed by atoms with Crippen molar-refractivity contribution in [3.05, 3.63) is 0 Å². The van der Waals surface area contributed by atoms with Crippen LogP contribution in [0.2, 0.25) is 0 Å². The molecule has 2 rings (SSSR count). The largest absolute Gasteiger partial charge is 0.0651 e. The predicted octanol–water partition coefficient (Wildman–Crippen LogP) is 7.23. The zero-order chi connectivity index (χ0) is 15.1. The minimum absolute atomic E-state index is 0.999. The molecular weight excluding hydrogens is 252 g/mol. The van der Waals surface area contributed by atoms with Gasteiger partial charge in [-0.15, -0.1) is 0 Å². The first-order valence-electron chi connectivity index (χ1n) is 10.2. The van der Waals surface area contributed by atoms with Crippen LogP contribution >= 0.6 is 0 Å². The summed E-state index contributed by atoms with van der Waals surface area (Å²) >= 11 is 0. The highest BCUT2D eigenvalue weighted by molar-refractivity contribution is 4.79. The molecular formula is C21H40. The summed E-state index contributed by atoms with van der Waals surface area (Å²) in [5.41, 5.74) is 0. The van der Waals surface area contributed by atoms with E-state index < -0.39 is 0 Å². The Morgan fingerprint density at radius 2 is 1.24 bits per heavy atom. The first-order chi connectivity index (χ1) is 10.2. The van der Waals surface area contributed by atoms with E-state index in [1.807, 2.05) is 0 Å². The van der Waals surface area contributed by atoms with Gasteiger partial charge in [0, 0.05) is 0 Å². The summed E-state index contributed by atoms with van der Waals surface area (Å²) in [4.78, 5) is 0. The quantitative estimate of drug-likeness (QED) is 0.434. The highest BCUT2D eigenvalue weighted by Gasteiger charge is 2.27. The third-order valence-electron chi connectivity index (χ3n) is 6.92. The molecule has 124 valence electrons. The lowest BCUT2D eigenvalue weighted by atomic mass is 9.71. The molecule has 0 N–H and O–H groups in total. The average molecular weight is 293 g/mol. The van der Waals surface area contributed by atoms with Crippen molar-refractivity contribution in [2.24, 2.45) is 29.6 Å². The lowest BCUT2D eigenvalue weighted by Crippen LogP contribution is -2.23. The van der Waals surface area contributed by atoms with E-state index >= 15 is 0 Å². The third kappa shape index (κ3) is 5.29. The van der Waals surface area contributed by atoms with E-state index in [-0.39, 0.29) is 0 Å². The van der Waals surface area contributed by atoms with Crippen molar-refractivity contribution < 1.29 is 0 Å². The molecule has 0 aromatic carbocycles. The minimum atomic E-state index is 0.999. The molecule has 2 fully saturated rings. The Hall–Kier alpha value is 0. The maximum atomic E-state index is 2.47. The molecule has 21 heavy (non-hydrogen) atoms. The lowest BCUT2D eigenvalue weighted by molar-refractivity contribution is 0.166. The molecule has 0 bridgehead atoms. The summed E-state index contributed by atoms with van der Waals surface area (Å²) in [6.45, 7) is 7.30. The van der Waals surface area contributed by atoms with Gasteiger partial charge < -0.3 is 0 Å². The van der Waals surface area contributed by atoms with Gasteiger partial charge in [0.25, 0.3) is 0 Å². The summed E-state index contributed by atoms with van der Waals surface area (Å²) in [6.07, 6.45) is 19.6. The fourth-order valence-electron chi connectivity index (χ4n) is 5.46. The molecule has 5 unspecified atom stereocenters. The van der Waals surface area contributed by atoms with E-state index in [9.17, 15) is 0 Å². The van der Waals surface area contributed by atoms with E-state index in [4.69, 9.17) is 0 Å². The van der Waals surface area contributed by atoms with Crippen LogP contribution in [-0.2, 0) is 0 Å². The summed E-state index contributed by atoms with van der Waals surface area (Å²) in [7, 11) is 0. The molecule has 0 heteroatoms. The van der Waals surface area contributed by atoms with Crippen LogP contribution in [0.5, 0.6) is 0 Å². The highest BCUT2D eigenvalue weighted by atomic mass is 14.3. The molecule has 2 saturated carbocycles. The van der Waals surface area contributed by atoms with Crippen molar-refractivity contribution >= 4 is 0 Å². The van der Waals surface area contributed by atoms with Crippen LogP contribution in [0.1, 0.15) is 104 Å². The van der Waals surface area contributed by atoms with E-state index in [2.05, 4.69) is 20.8 Å². The molecule has 2 aliphatic carbocycles. The van der Waals surface area contributed by atoms with Crippen molar-refractivity contribution in [1.29, 1.82) is 0 Å². The van der Waals surface area contributed by atoms with Crippen molar-refractivity contribution in [2.75, 3.05) is 0 Å². The van der Waals surface area contributed by atoms with Crippen LogP contribution in [0.15, 0.2) is 0 Å². The second-order valence-electron chi connectivity index (χ2n) is 8.34. The van der Waals surface area contributed by atoms with Gasteiger partial charge >= 0.3 is 0 Å². The van der Waals surface area contributed by atoms with E-state index in [0.717, 1.165) is 29.6 Å². The van der Waals surface area contributed by atoms with Gasteiger partial charge in [-0.05, 0) is 42.4 Å². The van der Waals surface area contributed by atoms with Crippen molar-refractivity contribution in [1.82, 2.24) is 0 Å². The number of unbranched alkanes of at least 4 members (excludes halogenated alkanes) is 1. The van der Waals surface area contributed by atoms with Gasteiger partial charge in [0.2, 0.25) is 0 Å². The Morgan fingerprint density at radius 3 is 1.86 bits per heavy atom. The van der Waals surface area contributed by atoms with Crippen LogP contribution < -0.4 is 0 Å². The van der Waals surface area contributed by atoms with Crippen LogP contribution in [0, 0.1) is 29.6 Å². The Labute approximate surface area is 134 Å². The standard InChI is InChI=1S/C21H40/c1-4-18-10-6-7-11-20(18)12-8-9-13-21-15-14-17(3)16-19(21)5-2/h17-21H,4-16H2,1-3H3. The second-order valence-corrected chi connectivity index (χ2v) is 8.34. The predicted molar refractivity (Wildman–Crippen MR) is 94.5 cm³/mol. The number of hydrogen-bond acceptors (Lipinski definition) is 0. The fraction of sp³-hybridized carbons (Fsp3) is 1.00. The van der Waals surface area contributed by atoms with Gasteiger partial charge in [-0.25, -0.2) is 0 Å². The molecule has 0 nitrogen and oxygen atoms in total. The second kappa shape index (κ2) is 9.21. The zero-order valence-corrected chi connectivity index (χ0v) is 15.1. The van der Waals surface area contributed by atoms with E-state index in [0.29, 0.717) is 0 Å². The van der Waals surface area contributed by atoms with E-state index in [1.165, 1.54) is 77.0 Å². The SMILES string of the molecule is CCC1CCCCC1CCCCC1CCC(C)CC1CC. The molecule has 0 aromatic heterocycles. The molecule has 0 amide bonds. The molecule has 0 radical (unpaired) electrons. The maximum Gasteiger partial charge on any atom is -0.0386 e. The van der Waals surface area contributed by atoms with Gasteiger partial charge in [0.05, 0.1) is 0 Å². The summed E-state index contributed by atoms with van der Waals surface area (Å²) < 4.78 is 0. The highest BCUT2D eigenvalue weighted by Crippen LogP contribution is 2.39.